The molecule has 1 aliphatic heterocycles. The number of ether oxygens (including phenoxy) is 4. The summed E-state index contributed by atoms with van der Waals surface area (Å²) in [5.74, 6) is -4.43. The van der Waals surface area contributed by atoms with Gasteiger partial charge in [-0.2, -0.15) is 0 Å². The minimum Gasteiger partial charge on any atom is -0.465 e. The summed E-state index contributed by atoms with van der Waals surface area (Å²) in [6, 6.07) is 4.04. The van der Waals surface area contributed by atoms with Gasteiger partial charge in [0, 0.05) is 25.7 Å². The summed E-state index contributed by atoms with van der Waals surface area (Å²) in [5, 5.41) is 2.66. The second-order valence-corrected chi connectivity index (χ2v) is 5.66. The van der Waals surface area contributed by atoms with Gasteiger partial charge in [-0.3, -0.25) is 0 Å². The molecule has 1 N–H and O–H groups in total. The van der Waals surface area contributed by atoms with Crippen LogP contribution in [0.3, 0.4) is 0 Å². The quantitative estimate of drug-likeness (QED) is 0.366. The molecule has 0 bridgehead atoms. The number of methoxy groups -OCH3 is 2. The highest BCUT2D eigenvalue weighted by Crippen LogP contribution is 2.23. The number of nitrogens with one attached hydrogen (secondary N) is 1. The van der Waals surface area contributed by atoms with Crippen molar-refractivity contribution in [2.45, 2.75) is 19.6 Å². The molecular formula is C17H17NO8. The van der Waals surface area contributed by atoms with E-state index in [-0.39, 0.29) is 22.4 Å². The first kappa shape index (κ1) is 19.0. The van der Waals surface area contributed by atoms with Gasteiger partial charge in [0.1, 0.15) is 0 Å². The number of cyclic esters (lactones) is 2. The molecule has 0 saturated carbocycles. The highest BCUT2D eigenvalue weighted by Gasteiger charge is 2.38. The first-order valence-electron chi connectivity index (χ1n) is 7.42. The zero-order valence-corrected chi connectivity index (χ0v) is 14.6. The minimum atomic E-state index is -1.35. The van der Waals surface area contributed by atoms with Gasteiger partial charge in [-0.15, -0.1) is 0 Å². The summed E-state index contributed by atoms with van der Waals surface area (Å²) in [5.41, 5.74) is 0.0242. The van der Waals surface area contributed by atoms with Crippen molar-refractivity contribution in [3.8, 4) is 0 Å². The van der Waals surface area contributed by atoms with Crippen molar-refractivity contribution >= 4 is 29.6 Å². The van der Waals surface area contributed by atoms with Crippen molar-refractivity contribution in [2.75, 3.05) is 19.5 Å². The molecule has 1 aromatic carbocycles. The Bertz CT molecular complexity index is 753. The Kier molecular flexibility index (Phi) is 5.30. The Hall–Kier alpha value is -3.36. The lowest BCUT2D eigenvalue weighted by molar-refractivity contribution is -0.222. The van der Waals surface area contributed by atoms with Crippen LogP contribution in [0.5, 0.6) is 0 Å². The highest BCUT2D eigenvalue weighted by atomic mass is 16.7. The Morgan fingerprint density at radius 1 is 0.962 bits per heavy atom. The predicted molar refractivity (Wildman–Crippen MR) is 87.1 cm³/mol. The second-order valence-electron chi connectivity index (χ2n) is 5.66. The number of carbonyl (C=O) groups is 4. The Morgan fingerprint density at radius 2 is 1.42 bits per heavy atom. The third-order valence-electron chi connectivity index (χ3n) is 3.28. The maximum Gasteiger partial charge on any atom is 0.350 e. The third kappa shape index (κ3) is 4.18. The number of carbonyl (C=O) groups excluding carboxylic acids is 4. The van der Waals surface area contributed by atoms with Gasteiger partial charge >= 0.3 is 23.9 Å². The maximum absolute atomic E-state index is 11.9. The number of esters is 4. The molecule has 9 heteroatoms. The van der Waals surface area contributed by atoms with Crippen LogP contribution in [-0.2, 0) is 28.5 Å². The van der Waals surface area contributed by atoms with Crippen LogP contribution < -0.4 is 5.32 Å². The van der Waals surface area contributed by atoms with Crippen LogP contribution in [0.15, 0.2) is 30.0 Å². The summed E-state index contributed by atoms with van der Waals surface area (Å²) in [6.07, 6.45) is 1.07. The van der Waals surface area contributed by atoms with E-state index in [2.05, 4.69) is 14.8 Å². The number of anilines is 1. The minimum absolute atomic E-state index is 0.0752. The molecule has 2 rings (SSSR count). The fraction of sp³-hybridized carbons (Fsp3) is 0.294. The Morgan fingerprint density at radius 3 is 1.85 bits per heavy atom. The topological polar surface area (TPSA) is 117 Å². The van der Waals surface area contributed by atoms with Crippen LogP contribution in [0.1, 0.15) is 34.6 Å². The van der Waals surface area contributed by atoms with Crippen LogP contribution in [0.2, 0.25) is 0 Å². The fourth-order valence-corrected chi connectivity index (χ4v) is 2.12. The van der Waals surface area contributed by atoms with Gasteiger partial charge in [-0.25, -0.2) is 19.2 Å². The molecule has 0 aliphatic carbocycles. The van der Waals surface area contributed by atoms with E-state index in [1.807, 2.05) is 0 Å². The number of rotatable bonds is 4. The first-order chi connectivity index (χ1) is 12.2. The molecule has 1 aliphatic rings. The lowest BCUT2D eigenvalue weighted by Crippen LogP contribution is -2.42. The highest BCUT2D eigenvalue weighted by molar-refractivity contribution is 6.15. The average molecular weight is 363 g/mol. The lowest BCUT2D eigenvalue weighted by atomic mass is 10.1. The average Bonchev–Trinajstić information content (AvgIpc) is 2.58. The van der Waals surface area contributed by atoms with Crippen LogP contribution in [0.25, 0.3) is 0 Å². The van der Waals surface area contributed by atoms with Crippen LogP contribution in [0, 0.1) is 0 Å². The van der Waals surface area contributed by atoms with Crippen molar-refractivity contribution in [3.05, 3.63) is 41.1 Å². The van der Waals surface area contributed by atoms with Crippen molar-refractivity contribution < 1.29 is 38.1 Å². The second kappa shape index (κ2) is 7.26. The van der Waals surface area contributed by atoms with Crippen molar-refractivity contribution in [2.24, 2.45) is 0 Å². The summed E-state index contributed by atoms with van der Waals surface area (Å²) < 4.78 is 19.2. The molecule has 0 amide bonds. The van der Waals surface area contributed by atoms with Gasteiger partial charge in [-0.05, 0) is 18.2 Å². The van der Waals surface area contributed by atoms with Crippen molar-refractivity contribution in [1.82, 2.24) is 0 Å². The molecule has 0 atom stereocenters. The van der Waals surface area contributed by atoms with Gasteiger partial charge in [0.05, 0.1) is 25.3 Å². The van der Waals surface area contributed by atoms with E-state index in [0.717, 1.165) is 6.20 Å². The van der Waals surface area contributed by atoms with E-state index in [0.29, 0.717) is 0 Å². The number of hydrogen-bond acceptors (Lipinski definition) is 9. The summed E-state index contributed by atoms with van der Waals surface area (Å²) in [4.78, 5) is 47.3. The molecule has 1 saturated heterocycles. The van der Waals surface area contributed by atoms with E-state index in [1.165, 1.54) is 46.3 Å². The van der Waals surface area contributed by atoms with E-state index in [4.69, 9.17) is 9.47 Å². The molecule has 9 nitrogen and oxygen atoms in total. The van der Waals surface area contributed by atoms with Gasteiger partial charge in [-0.1, -0.05) is 0 Å². The van der Waals surface area contributed by atoms with Crippen molar-refractivity contribution in [3.63, 3.8) is 0 Å². The first-order valence-corrected chi connectivity index (χ1v) is 7.42. The van der Waals surface area contributed by atoms with E-state index in [1.54, 1.807) is 0 Å². The summed E-state index contributed by atoms with van der Waals surface area (Å²) in [7, 11) is 2.38. The van der Waals surface area contributed by atoms with E-state index in [9.17, 15) is 19.2 Å². The number of hydrogen-bond donors (Lipinski definition) is 1. The van der Waals surface area contributed by atoms with Crippen LogP contribution >= 0.6 is 0 Å². The van der Waals surface area contributed by atoms with E-state index >= 15 is 0 Å². The van der Waals surface area contributed by atoms with Gasteiger partial charge in [0.15, 0.2) is 5.57 Å². The summed E-state index contributed by atoms with van der Waals surface area (Å²) >= 11 is 0. The summed E-state index contributed by atoms with van der Waals surface area (Å²) in [6.45, 7) is 2.85. The monoisotopic (exact) mass is 363 g/mol. The smallest absolute Gasteiger partial charge is 0.350 e. The molecule has 1 aromatic rings. The predicted octanol–water partition coefficient (Wildman–Crippen LogP) is 1.39. The van der Waals surface area contributed by atoms with Crippen LogP contribution in [0.4, 0.5) is 5.69 Å². The normalized spacial score (nSPS) is 15.5. The standard InChI is InChI=1S/C17H17NO8/c1-17(2)25-15(21)12(16(22)26-17)8-18-11-6-9(13(19)23-3)5-10(7-11)14(20)24-4/h5-8,18H,1-4H3. The Labute approximate surface area is 148 Å². The molecule has 138 valence electrons. The Balaban J connectivity index is 2.34. The molecule has 0 radical (unpaired) electrons. The van der Waals surface area contributed by atoms with Crippen LogP contribution in [-0.4, -0.2) is 43.9 Å². The fourth-order valence-electron chi connectivity index (χ4n) is 2.12. The van der Waals surface area contributed by atoms with Crippen molar-refractivity contribution in [1.29, 1.82) is 0 Å². The largest absolute Gasteiger partial charge is 0.465 e. The van der Waals surface area contributed by atoms with Gasteiger partial charge in [0.25, 0.3) is 5.79 Å². The SMILES string of the molecule is COC(=O)c1cc(NC=C2C(=O)OC(C)(C)OC2=O)cc(C(=O)OC)c1. The third-order valence-corrected chi connectivity index (χ3v) is 3.28. The molecule has 0 unspecified atom stereocenters. The number of benzene rings is 1. The maximum atomic E-state index is 11.9. The van der Waals surface area contributed by atoms with Gasteiger partial charge in [0.2, 0.25) is 0 Å². The zero-order valence-electron chi connectivity index (χ0n) is 14.6. The molecule has 26 heavy (non-hydrogen) atoms. The molecular weight excluding hydrogens is 346 g/mol. The lowest BCUT2D eigenvalue weighted by Gasteiger charge is -2.29. The molecule has 1 heterocycles. The zero-order chi connectivity index (χ0) is 19.5. The molecule has 0 aromatic heterocycles. The van der Waals surface area contributed by atoms with Gasteiger partial charge < -0.3 is 24.3 Å². The molecule has 1 fully saturated rings. The molecule has 0 spiro atoms. The van der Waals surface area contributed by atoms with E-state index < -0.39 is 29.7 Å².